The first kappa shape index (κ1) is 19.4. The number of carbonyl (C=O) groups is 2. The van der Waals surface area contributed by atoms with Gasteiger partial charge in [-0.1, -0.05) is 50.6 Å². The molecule has 1 saturated heterocycles. The summed E-state index contributed by atoms with van der Waals surface area (Å²) >= 11 is 6.16. The fourth-order valence-corrected chi connectivity index (χ4v) is 3.26. The van der Waals surface area contributed by atoms with Gasteiger partial charge in [0.25, 0.3) is 0 Å². The van der Waals surface area contributed by atoms with Crippen molar-refractivity contribution in [1.82, 2.24) is 0 Å². The van der Waals surface area contributed by atoms with E-state index >= 15 is 0 Å². The highest BCUT2D eigenvalue weighted by Crippen LogP contribution is 2.30. The number of hydrogen-bond donors (Lipinski definition) is 0. The van der Waals surface area contributed by atoms with Gasteiger partial charge in [0, 0.05) is 23.7 Å². The van der Waals surface area contributed by atoms with Gasteiger partial charge in [0.2, 0.25) is 5.91 Å². The average Bonchev–Trinajstić information content (AvgIpc) is 2.99. The maximum Gasteiger partial charge on any atom is 0.316 e. The van der Waals surface area contributed by atoms with Crippen LogP contribution < -0.4 is 9.64 Å². The fraction of sp³-hybridized carbons (Fsp3) is 0.364. The van der Waals surface area contributed by atoms with Crippen LogP contribution in [0.5, 0.6) is 5.75 Å². The number of aryl methyl sites for hydroxylation is 1. The Bertz CT molecular complexity index is 868. The number of rotatable bonds is 3. The molecule has 1 fully saturated rings. The summed E-state index contributed by atoms with van der Waals surface area (Å²) in [4.78, 5) is 26.5. The Balaban J connectivity index is 1.67. The molecule has 0 spiro atoms. The van der Waals surface area contributed by atoms with E-state index in [2.05, 4.69) is 20.8 Å². The third-order valence-electron chi connectivity index (χ3n) is 4.86. The number of ether oxygens (including phenoxy) is 1. The molecule has 2 aromatic rings. The molecule has 27 heavy (non-hydrogen) atoms. The molecule has 1 heterocycles. The lowest BCUT2D eigenvalue weighted by molar-refractivity contribution is -0.139. The zero-order chi connectivity index (χ0) is 19.8. The second-order valence-electron chi connectivity index (χ2n) is 8.03. The number of anilines is 1. The van der Waals surface area contributed by atoms with Crippen molar-refractivity contribution in [3.8, 4) is 5.75 Å². The molecule has 1 amide bonds. The fourth-order valence-electron chi connectivity index (χ4n) is 3.09. The molecule has 1 atom stereocenters. The minimum Gasteiger partial charge on any atom is -0.426 e. The van der Waals surface area contributed by atoms with Gasteiger partial charge in [-0.15, -0.1) is 0 Å². The molecule has 4 nitrogen and oxygen atoms in total. The number of esters is 1. The molecule has 2 aromatic carbocycles. The minimum atomic E-state index is -0.486. The minimum absolute atomic E-state index is 0.0379. The van der Waals surface area contributed by atoms with E-state index in [4.69, 9.17) is 16.3 Å². The Labute approximate surface area is 165 Å². The van der Waals surface area contributed by atoms with Crippen molar-refractivity contribution < 1.29 is 14.3 Å². The molecular formula is C22H24ClNO3. The lowest BCUT2D eigenvalue weighted by atomic mass is 9.87. The highest BCUT2D eigenvalue weighted by atomic mass is 35.5. The molecule has 0 aromatic heterocycles. The first-order chi connectivity index (χ1) is 12.6. The number of halogens is 1. The monoisotopic (exact) mass is 385 g/mol. The third kappa shape index (κ3) is 4.33. The van der Waals surface area contributed by atoms with Crippen LogP contribution in [0.1, 0.15) is 38.3 Å². The molecule has 0 bridgehead atoms. The van der Waals surface area contributed by atoms with Crippen molar-refractivity contribution in [3.05, 3.63) is 58.6 Å². The van der Waals surface area contributed by atoms with Crippen molar-refractivity contribution >= 4 is 29.2 Å². The van der Waals surface area contributed by atoms with E-state index in [0.717, 1.165) is 5.56 Å². The summed E-state index contributed by atoms with van der Waals surface area (Å²) in [6, 6.07) is 13.0. The summed E-state index contributed by atoms with van der Waals surface area (Å²) in [5.41, 5.74) is 2.86. The van der Waals surface area contributed by atoms with E-state index in [1.165, 1.54) is 5.56 Å². The molecule has 142 valence electrons. The topological polar surface area (TPSA) is 46.6 Å². The van der Waals surface area contributed by atoms with Gasteiger partial charge in [-0.05, 0) is 47.7 Å². The number of nitrogens with zero attached hydrogens (tertiary/aromatic N) is 1. The Morgan fingerprint density at radius 3 is 2.41 bits per heavy atom. The maximum atomic E-state index is 12.5. The largest absolute Gasteiger partial charge is 0.426 e. The highest BCUT2D eigenvalue weighted by Gasteiger charge is 2.36. The molecular weight excluding hydrogens is 362 g/mol. The molecule has 1 aliphatic rings. The lowest BCUT2D eigenvalue weighted by Crippen LogP contribution is -2.27. The van der Waals surface area contributed by atoms with Gasteiger partial charge in [-0.3, -0.25) is 9.59 Å². The lowest BCUT2D eigenvalue weighted by Gasteiger charge is -2.19. The van der Waals surface area contributed by atoms with Crippen LogP contribution in [-0.2, 0) is 15.0 Å². The Hall–Kier alpha value is -2.33. The van der Waals surface area contributed by atoms with Crippen molar-refractivity contribution in [2.45, 2.75) is 39.5 Å². The van der Waals surface area contributed by atoms with Gasteiger partial charge in [0.15, 0.2) is 0 Å². The highest BCUT2D eigenvalue weighted by molar-refractivity contribution is 6.31. The summed E-state index contributed by atoms with van der Waals surface area (Å²) < 4.78 is 5.50. The predicted molar refractivity (Wildman–Crippen MR) is 107 cm³/mol. The first-order valence-corrected chi connectivity index (χ1v) is 9.42. The molecule has 0 aliphatic carbocycles. The summed E-state index contributed by atoms with van der Waals surface area (Å²) in [5.74, 6) is -0.468. The van der Waals surface area contributed by atoms with E-state index < -0.39 is 5.92 Å². The van der Waals surface area contributed by atoms with Crippen LogP contribution >= 0.6 is 11.6 Å². The Morgan fingerprint density at radius 1 is 1.15 bits per heavy atom. The van der Waals surface area contributed by atoms with Crippen molar-refractivity contribution in [3.63, 3.8) is 0 Å². The van der Waals surface area contributed by atoms with Crippen molar-refractivity contribution in [1.29, 1.82) is 0 Å². The van der Waals surface area contributed by atoms with Crippen LogP contribution in [0, 0.1) is 12.8 Å². The number of amides is 1. The van der Waals surface area contributed by atoms with Gasteiger partial charge in [0.05, 0.1) is 5.92 Å². The zero-order valence-corrected chi connectivity index (χ0v) is 16.8. The molecule has 0 N–H and O–H groups in total. The Kier molecular flexibility index (Phi) is 5.29. The predicted octanol–water partition coefficient (Wildman–Crippen LogP) is 4.90. The number of hydrogen-bond acceptors (Lipinski definition) is 3. The van der Waals surface area contributed by atoms with Crippen LogP contribution in [0.2, 0.25) is 5.02 Å². The average molecular weight is 386 g/mol. The van der Waals surface area contributed by atoms with Gasteiger partial charge >= 0.3 is 5.97 Å². The summed E-state index contributed by atoms with van der Waals surface area (Å²) in [5, 5.41) is 0.602. The summed E-state index contributed by atoms with van der Waals surface area (Å²) in [6.45, 7) is 8.60. The molecule has 5 heteroatoms. The number of benzene rings is 2. The first-order valence-electron chi connectivity index (χ1n) is 9.04. The number of carbonyl (C=O) groups excluding carboxylic acids is 2. The van der Waals surface area contributed by atoms with E-state index in [-0.39, 0.29) is 23.7 Å². The van der Waals surface area contributed by atoms with Gasteiger partial charge in [-0.2, -0.15) is 0 Å². The quantitative estimate of drug-likeness (QED) is 0.557. The molecule has 0 radical (unpaired) electrons. The van der Waals surface area contributed by atoms with Gasteiger partial charge < -0.3 is 9.64 Å². The van der Waals surface area contributed by atoms with Crippen LogP contribution in [0.3, 0.4) is 0 Å². The standard InChI is InChI=1S/C22H24ClNO3/c1-14-5-8-17(12-19(14)23)24-13-15(11-20(24)25)21(26)27-18-9-6-16(7-10-18)22(2,3)4/h5-10,12,15H,11,13H2,1-4H3/t15-/m0/s1. The van der Waals surface area contributed by atoms with Crippen molar-refractivity contribution in [2.75, 3.05) is 11.4 Å². The zero-order valence-electron chi connectivity index (χ0n) is 16.1. The maximum absolute atomic E-state index is 12.5. The van der Waals surface area contributed by atoms with Crippen LogP contribution in [0.15, 0.2) is 42.5 Å². The van der Waals surface area contributed by atoms with E-state index in [1.54, 1.807) is 23.1 Å². The SMILES string of the molecule is Cc1ccc(N2C[C@@H](C(=O)Oc3ccc(C(C)(C)C)cc3)CC2=O)cc1Cl. The Morgan fingerprint density at radius 2 is 1.81 bits per heavy atom. The van der Waals surface area contributed by atoms with Crippen LogP contribution in [0.25, 0.3) is 0 Å². The summed E-state index contributed by atoms with van der Waals surface area (Å²) in [7, 11) is 0. The second kappa shape index (κ2) is 7.35. The molecule has 3 rings (SSSR count). The second-order valence-corrected chi connectivity index (χ2v) is 8.44. The molecule has 0 unspecified atom stereocenters. The summed E-state index contributed by atoms with van der Waals surface area (Å²) in [6.07, 6.45) is 0.143. The van der Waals surface area contributed by atoms with Crippen LogP contribution in [-0.4, -0.2) is 18.4 Å². The third-order valence-corrected chi connectivity index (χ3v) is 5.27. The van der Waals surface area contributed by atoms with Crippen molar-refractivity contribution in [2.24, 2.45) is 5.92 Å². The molecule has 1 aliphatic heterocycles. The van der Waals surface area contributed by atoms with E-state index in [0.29, 0.717) is 23.0 Å². The normalized spacial score (nSPS) is 17.3. The smallest absolute Gasteiger partial charge is 0.316 e. The van der Waals surface area contributed by atoms with Gasteiger partial charge in [0.1, 0.15) is 5.75 Å². The van der Waals surface area contributed by atoms with Crippen LogP contribution in [0.4, 0.5) is 5.69 Å². The van der Waals surface area contributed by atoms with E-state index in [9.17, 15) is 9.59 Å². The van der Waals surface area contributed by atoms with Gasteiger partial charge in [-0.25, -0.2) is 0 Å². The molecule has 0 saturated carbocycles. The van der Waals surface area contributed by atoms with E-state index in [1.807, 2.05) is 31.2 Å².